The second-order valence-corrected chi connectivity index (χ2v) is 7.38. The third-order valence-corrected chi connectivity index (χ3v) is 5.00. The predicted octanol–water partition coefficient (Wildman–Crippen LogP) is 4.47. The van der Waals surface area contributed by atoms with Crippen LogP contribution in [0.15, 0.2) is 42.0 Å². The quantitative estimate of drug-likeness (QED) is 0.399. The van der Waals surface area contributed by atoms with Crippen LogP contribution in [0, 0.1) is 0 Å². The summed E-state index contributed by atoms with van der Waals surface area (Å²) < 4.78 is 9.95. The molecule has 154 valence electrons. The van der Waals surface area contributed by atoms with Crippen LogP contribution in [0.25, 0.3) is 0 Å². The first kappa shape index (κ1) is 22.2. The van der Waals surface area contributed by atoms with Gasteiger partial charge in [0.2, 0.25) is 6.29 Å². The molecule has 0 spiro atoms. The van der Waals surface area contributed by atoms with E-state index >= 15 is 0 Å². The highest BCUT2D eigenvalue weighted by Crippen LogP contribution is 2.24. The van der Waals surface area contributed by atoms with Gasteiger partial charge in [-0.25, -0.2) is 4.79 Å². The molecule has 2 atom stereocenters. The van der Waals surface area contributed by atoms with Crippen LogP contribution in [-0.4, -0.2) is 29.4 Å². The van der Waals surface area contributed by atoms with Crippen LogP contribution in [0.2, 0.25) is 0 Å². The van der Waals surface area contributed by atoms with E-state index in [1.165, 1.54) is 50.7 Å². The van der Waals surface area contributed by atoms with Gasteiger partial charge < -0.3 is 14.6 Å². The summed E-state index contributed by atoms with van der Waals surface area (Å²) in [7, 11) is 0. The Morgan fingerprint density at radius 1 is 1.04 bits per heavy atom. The van der Waals surface area contributed by atoms with E-state index in [1.807, 2.05) is 0 Å². The highest BCUT2D eigenvalue weighted by Gasteiger charge is 2.31. The van der Waals surface area contributed by atoms with Gasteiger partial charge in [0, 0.05) is 18.6 Å². The number of cyclic esters (lactones) is 1. The standard InChI is InChI=1S/C23H32O5/c1-18(24)27-21(20-17-22(25)28-23(20)26)16-12-7-5-3-2-4-6-9-13-19-14-10-8-11-15-19/h8,10-11,14-15,17,21,23,26H,2-7,9,12-13,16H2,1H3. The van der Waals surface area contributed by atoms with Crippen molar-refractivity contribution in [2.45, 2.75) is 83.5 Å². The fourth-order valence-corrected chi connectivity index (χ4v) is 3.53. The zero-order valence-corrected chi connectivity index (χ0v) is 16.8. The SMILES string of the molecule is CC(=O)OC(CCCCCCCCCCc1ccccc1)C1=CC(=O)OC1O. The summed E-state index contributed by atoms with van der Waals surface area (Å²) in [6.07, 6.45) is 10.4. The number of rotatable bonds is 13. The lowest BCUT2D eigenvalue weighted by molar-refractivity contribution is -0.153. The first-order valence-corrected chi connectivity index (χ1v) is 10.4. The smallest absolute Gasteiger partial charge is 0.333 e. The van der Waals surface area contributed by atoms with Gasteiger partial charge in [0.05, 0.1) is 0 Å². The van der Waals surface area contributed by atoms with E-state index in [4.69, 9.17) is 4.74 Å². The van der Waals surface area contributed by atoms with Gasteiger partial charge in [-0.2, -0.15) is 0 Å². The molecular weight excluding hydrogens is 356 g/mol. The molecule has 0 aromatic heterocycles. The molecule has 2 rings (SSSR count). The zero-order valence-electron chi connectivity index (χ0n) is 16.8. The molecule has 0 aliphatic carbocycles. The lowest BCUT2D eigenvalue weighted by atomic mass is 10.0. The summed E-state index contributed by atoms with van der Waals surface area (Å²) in [6, 6.07) is 10.6. The molecule has 1 N–H and O–H groups in total. The minimum absolute atomic E-state index is 0.346. The van der Waals surface area contributed by atoms with Crippen molar-refractivity contribution in [3.05, 3.63) is 47.5 Å². The third kappa shape index (κ3) is 8.26. The largest absolute Gasteiger partial charge is 0.458 e. The Kier molecular flexibility index (Phi) is 9.77. The van der Waals surface area contributed by atoms with E-state index < -0.39 is 24.3 Å². The van der Waals surface area contributed by atoms with E-state index in [-0.39, 0.29) is 0 Å². The molecule has 1 aromatic rings. The van der Waals surface area contributed by atoms with Gasteiger partial charge in [0.15, 0.2) is 0 Å². The summed E-state index contributed by atoms with van der Waals surface area (Å²) in [5.41, 5.74) is 1.76. The van der Waals surface area contributed by atoms with Crippen LogP contribution in [0.3, 0.4) is 0 Å². The van der Waals surface area contributed by atoms with Crippen molar-refractivity contribution >= 4 is 11.9 Å². The molecular formula is C23H32O5. The van der Waals surface area contributed by atoms with Crippen LogP contribution in [0.4, 0.5) is 0 Å². The van der Waals surface area contributed by atoms with Crippen molar-refractivity contribution in [1.29, 1.82) is 0 Å². The number of aliphatic hydroxyl groups is 1. The van der Waals surface area contributed by atoms with Gasteiger partial charge in [-0.05, 0) is 31.2 Å². The predicted molar refractivity (Wildman–Crippen MR) is 107 cm³/mol. The maximum Gasteiger partial charge on any atom is 0.333 e. The van der Waals surface area contributed by atoms with Crippen LogP contribution in [0.5, 0.6) is 0 Å². The summed E-state index contributed by atoms with van der Waals surface area (Å²) in [5, 5.41) is 9.76. The van der Waals surface area contributed by atoms with Crippen LogP contribution in [0.1, 0.15) is 70.3 Å². The number of esters is 2. The Morgan fingerprint density at radius 2 is 1.64 bits per heavy atom. The Labute approximate surface area is 167 Å². The van der Waals surface area contributed by atoms with Crippen molar-refractivity contribution < 1.29 is 24.2 Å². The molecule has 1 aromatic carbocycles. The number of unbranched alkanes of at least 4 members (excludes halogenated alkanes) is 7. The molecule has 0 saturated carbocycles. The molecule has 0 amide bonds. The van der Waals surface area contributed by atoms with E-state index in [1.54, 1.807) is 0 Å². The number of carbonyl (C=O) groups is 2. The number of benzene rings is 1. The second-order valence-electron chi connectivity index (χ2n) is 7.38. The Hall–Kier alpha value is -2.14. The minimum atomic E-state index is -1.30. The van der Waals surface area contributed by atoms with E-state index in [9.17, 15) is 14.7 Å². The lowest BCUT2D eigenvalue weighted by Crippen LogP contribution is -2.25. The fraction of sp³-hybridized carbons (Fsp3) is 0.565. The monoisotopic (exact) mass is 388 g/mol. The minimum Gasteiger partial charge on any atom is -0.458 e. The number of aliphatic hydroxyl groups excluding tert-OH is 1. The van der Waals surface area contributed by atoms with Crippen molar-refractivity contribution in [3.8, 4) is 0 Å². The van der Waals surface area contributed by atoms with Gasteiger partial charge in [0.1, 0.15) is 6.10 Å². The highest BCUT2D eigenvalue weighted by atomic mass is 16.6. The highest BCUT2D eigenvalue weighted by molar-refractivity contribution is 5.86. The number of hydrogen-bond acceptors (Lipinski definition) is 5. The summed E-state index contributed by atoms with van der Waals surface area (Å²) >= 11 is 0. The molecule has 28 heavy (non-hydrogen) atoms. The summed E-state index contributed by atoms with van der Waals surface area (Å²) in [6.45, 7) is 1.33. The van der Waals surface area contributed by atoms with Gasteiger partial charge in [-0.3, -0.25) is 4.79 Å². The Morgan fingerprint density at radius 3 is 2.21 bits per heavy atom. The molecule has 1 heterocycles. The maximum absolute atomic E-state index is 11.3. The Bertz CT molecular complexity index is 638. The molecule has 0 radical (unpaired) electrons. The van der Waals surface area contributed by atoms with Crippen molar-refractivity contribution in [2.75, 3.05) is 0 Å². The molecule has 1 aliphatic rings. The molecule has 0 bridgehead atoms. The number of ether oxygens (including phenoxy) is 2. The zero-order chi connectivity index (χ0) is 20.2. The molecule has 1 aliphatic heterocycles. The molecule has 0 saturated heterocycles. The maximum atomic E-state index is 11.3. The van der Waals surface area contributed by atoms with Crippen LogP contribution < -0.4 is 0 Å². The van der Waals surface area contributed by atoms with Crippen molar-refractivity contribution in [3.63, 3.8) is 0 Å². The average molecular weight is 389 g/mol. The van der Waals surface area contributed by atoms with Gasteiger partial charge in [0.25, 0.3) is 0 Å². The molecule has 5 nitrogen and oxygen atoms in total. The molecule has 0 fully saturated rings. The lowest BCUT2D eigenvalue weighted by Gasteiger charge is -2.19. The van der Waals surface area contributed by atoms with Crippen molar-refractivity contribution in [1.82, 2.24) is 0 Å². The fourth-order valence-electron chi connectivity index (χ4n) is 3.53. The number of aryl methyl sites for hydroxylation is 1. The average Bonchev–Trinajstić information content (AvgIpc) is 3.01. The van der Waals surface area contributed by atoms with E-state index in [0.717, 1.165) is 25.7 Å². The van der Waals surface area contributed by atoms with Crippen LogP contribution in [-0.2, 0) is 25.5 Å². The summed E-state index contributed by atoms with van der Waals surface area (Å²) in [4.78, 5) is 22.6. The Balaban J connectivity index is 1.52. The normalized spacial score (nSPS) is 17.1. The van der Waals surface area contributed by atoms with Crippen molar-refractivity contribution in [2.24, 2.45) is 0 Å². The van der Waals surface area contributed by atoms with Gasteiger partial charge in [-0.15, -0.1) is 0 Å². The molecule has 2 unspecified atom stereocenters. The van der Waals surface area contributed by atoms with E-state index in [0.29, 0.717) is 12.0 Å². The number of carbonyl (C=O) groups excluding carboxylic acids is 2. The van der Waals surface area contributed by atoms with Crippen LogP contribution >= 0.6 is 0 Å². The first-order valence-electron chi connectivity index (χ1n) is 10.4. The molecule has 5 heteroatoms. The summed E-state index contributed by atoms with van der Waals surface area (Å²) in [5.74, 6) is -1.01. The van der Waals surface area contributed by atoms with E-state index in [2.05, 4.69) is 35.1 Å². The second kappa shape index (κ2) is 12.3. The topological polar surface area (TPSA) is 72.8 Å². The van der Waals surface area contributed by atoms with Gasteiger partial charge in [-0.1, -0.05) is 68.9 Å². The first-order chi connectivity index (χ1) is 13.6. The van der Waals surface area contributed by atoms with Gasteiger partial charge >= 0.3 is 11.9 Å². The third-order valence-electron chi connectivity index (χ3n) is 5.00. The number of hydrogen-bond donors (Lipinski definition) is 1.